The lowest BCUT2D eigenvalue weighted by atomic mass is 10.1. The molecule has 0 amide bonds. The molecule has 2 aromatic rings. The van der Waals surface area contributed by atoms with Crippen LogP contribution in [-0.2, 0) is 6.54 Å². The fraction of sp³-hybridized carbons (Fsp3) is 0.400. The van der Waals surface area contributed by atoms with Gasteiger partial charge >= 0.3 is 0 Å². The summed E-state index contributed by atoms with van der Waals surface area (Å²) in [6.07, 6.45) is 2.37. The van der Waals surface area contributed by atoms with Gasteiger partial charge in [0, 0.05) is 17.1 Å². The fourth-order valence-corrected chi connectivity index (χ4v) is 3.13. The molecule has 1 aliphatic rings. The second kappa shape index (κ2) is 5.47. The maximum atomic E-state index is 5.44. The molecule has 2 heterocycles. The molecule has 3 nitrogen and oxygen atoms in total. The first-order valence-corrected chi connectivity index (χ1v) is 7.44. The highest BCUT2D eigenvalue weighted by molar-refractivity contribution is 9.10. The van der Waals surface area contributed by atoms with Crippen LogP contribution < -0.4 is 0 Å². The topological polar surface area (TPSA) is 29.3 Å². The largest absolute Gasteiger partial charge is 0.359 e. The van der Waals surface area contributed by atoms with Gasteiger partial charge < -0.3 is 4.52 Å². The van der Waals surface area contributed by atoms with Crippen molar-refractivity contribution in [3.05, 3.63) is 51.8 Å². The van der Waals surface area contributed by atoms with Crippen molar-refractivity contribution in [2.24, 2.45) is 0 Å². The van der Waals surface area contributed by atoms with E-state index in [1.165, 1.54) is 16.5 Å². The number of hydrogen-bond donors (Lipinski definition) is 0. The zero-order chi connectivity index (χ0) is 13.2. The SMILES string of the molecule is Cc1cc([C@@H]2CCCN2Cc2ccccc2Br)on1. The highest BCUT2D eigenvalue weighted by Gasteiger charge is 2.29. The summed E-state index contributed by atoms with van der Waals surface area (Å²) in [4.78, 5) is 2.47. The molecule has 1 atom stereocenters. The molecule has 19 heavy (non-hydrogen) atoms. The Bertz CT molecular complexity index is 567. The third-order valence-electron chi connectivity index (χ3n) is 3.67. The van der Waals surface area contributed by atoms with Crippen molar-refractivity contribution in [3.8, 4) is 0 Å². The second-order valence-electron chi connectivity index (χ2n) is 5.09. The van der Waals surface area contributed by atoms with Gasteiger partial charge in [0.1, 0.15) is 0 Å². The van der Waals surface area contributed by atoms with Gasteiger partial charge in [0.2, 0.25) is 0 Å². The Balaban J connectivity index is 1.79. The standard InChI is InChI=1S/C15H17BrN2O/c1-11-9-15(19-17-11)14-7-4-8-18(14)10-12-5-2-3-6-13(12)16/h2-3,5-6,9,14H,4,7-8,10H2,1H3/t14-/m0/s1. The lowest BCUT2D eigenvalue weighted by molar-refractivity contribution is 0.206. The summed E-state index contributed by atoms with van der Waals surface area (Å²) < 4.78 is 6.62. The van der Waals surface area contributed by atoms with E-state index in [1.54, 1.807) is 0 Å². The number of likely N-dealkylation sites (tertiary alicyclic amines) is 1. The minimum absolute atomic E-state index is 0.369. The average molecular weight is 321 g/mol. The lowest BCUT2D eigenvalue weighted by Gasteiger charge is -2.22. The minimum atomic E-state index is 0.369. The van der Waals surface area contributed by atoms with E-state index in [4.69, 9.17) is 4.52 Å². The first-order chi connectivity index (χ1) is 9.24. The molecular weight excluding hydrogens is 304 g/mol. The smallest absolute Gasteiger partial charge is 0.154 e. The van der Waals surface area contributed by atoms with E-state index in [9.17, 15) is 0 Å². The van der Waals surface area contributed by atoms with Crippen LogP contribution in [0.4, 0.5) is 0 Å². The van der Waals surface area contributed by atoms with E-state index in [0.717, 1.165) is 31.0 Å². The van der Waals surface area contributed by atoms with Crippen LogP contribution in [0.25, 0.3) is 0 Å². The van der Waals surface area contributed by atoms with Gasteiger partial charge in [-0.3, -0.25) is 4.90 Å². The Kier molecular flexibility index (Phi) is 3.71. The van der Waals surface area contributed by atoms with Crippen molar-refractivity contribution in [3.63, 3.8) is 0 Å². The van der Waals surface area contributed by atoms with Gasteiger partial charge in [0.25, 0.3) is 0 Å². The zero-order valence-electron chi connectivity index (χ0n) is 11.0. The van der Waals surface area contributed by atoms with Gasteiger partial charge in [-0.15, -0.1) is 0 Å². The number of halogens is 1. The normalized spacial score (nSPS) is 20.0. The third kappa shape index (κ3) is 2.74. The van der Waals surface area contributed by atoms with Crippen molar-refractivity contribution in [1.29, 1.82) is 0 Å². The van der Waals surface area contributed by atoms with Crippen molar-refractivity contribution >= 4 is 15.9 Å². The molecule has 0 saturated carbocycles. The van der Waals surface area contributed by atoms with Crippen molar-refractivity contribution < 1.29 is 4.52 Å². The first kappa shape index (κ1) is 12.9. The monoisotopic (exact) mass is 320 g/mol. The molecule has 4 heteroatoms. The number of rotatable bonds is 3. The summed E-state index contributed by atoms with van der Waals surface area (Å²) >= 11 is 3.62. The highest BCUT2D eigenvalue weighted by atomic mass is 79.9. The summed E-state index contributed by atoms with van der Waals surface area (Å²) in [7, 11) is 0. The Morgan fingerprint density at radius 3 is 3.00 bits per heavy atom. The van der Waals surface area contributed by atoms with Crippen LogP contribution in [0.2, 0.25) is 0 Å². The van der Waals surface area contributed by atoms with E-state index in [0.29, 0.717) is 6.04 Å². The highest BCUT2D eigenvalue weighted by Crippen LogP contribution is 2.34. The predicted molar refractivity (Wildman–Crippen MR) is 77.8 cm³/mol. The van der Waals surface area contributed by atoms with Crippen LogP contribution in [0.5, 0.6) is 0 Å². The van der Waals surface area contributed by atoms with Gasteiger partial charge in [0.15, 0.2) is 5.76 Å². The van der Waals surface area contributed by atoms with Crippen LogP contribution in [0.1, 0.15) is 35.9 Å². The lowest BCUT2D eigenvalue weighted by Crippen LogP contribution is -2.22. The van der Waals surface area contributed by atoms with Gasteiger partial charge in [0.05, 0.1) is 11.7 Å². The summed E-state index contributed by atoms with van der Waals surface area (Å²) in [6, 6.07) is 10.8. The Hall–Kier alpha value is -1.13. The van der Waals surface area contributed by atoms with Crippen molar-refractivity contribution in [2.75, 3.05) is 6.54 Å². The van der Waals surface area contributed by atoms with Crippen LogP contribution in [0.15, 0.2) is 39.3 Å². The molecule has 0 aliphatic carbocycles. The Morgan fingerprint density at radius 1 is 1.42 bits per heavy atom. The van der Waals surface area contributed by atoms with Crippen LogP contribution in [0, 0.1) is 6.92 Å². The molecule has 1 aromatic carbocycles. The van der Waals surface area contributed by atoms with E-state index in [1.807, 2.05) is 6.92 Å². The number of hydrogen-bond acceptors (Lipinski definition) is 3. The van der Waals surface area contributed by atoms with Crippen molar-refractivity contribution in [1.82, 2.24) is 10.1 Å². The van der Waals surface area contributed by atoms with Gasteiger partial charge in [-0.25, -0.2) is 0 Å². The van der Waals surface area contributed by atoms with Crippen LogP contribution >= 0.6 is 15.9 Å². The summed E-state index contributed by atoms with van der Waals surface area (Å²) in [5, 5.41) is 4.01. The molecule has 0 radical (unpaired) electrons. The third-order valence-corrected chi connectivity index (χ3v) is 4.44. The van der Waals surface area contributed by atoms with E-state index < -0.39 is 0 Å². The van der Waals surface area contributed by atoms with E-state index in [-0.39, 0.29) is 0 Å². The quantitative estimate of drug-likeness (QED) is 0.853. The molecule has 100 valence electrons. The van der Waals surface area contributed by atoms with E-state index >= 15 is 0 Å². The van der Waals surface area contributed by atoms with Gasteiger partial charge in [-0.05, 0) is 37.9 Å². The average Bonchev–Trinajstić information content (AvgIpc) is 3.01. The first-order valence-electron chi connectivity index (χ1n) is 6.65. The molecule has 1 saturated heterocycles. The van der Waals surface area contributed by atoms with Gasteiger partial charge in [-0.2, -0.15) is 0 Å². The fourth-order valence-electron chi connectivity index (χ4n) is 2.72. The van der Waals surface area contributed by atoms with E-state index in [2.05, 4.69) is 56.3 Å². The maximum Gasteiger partial charge on any atom is 0.154 e. The summed E-state index contributed by atoms with van der Waals surface area (Å²) in [5.41, 5.74) is 2.29. The molecule has 0 spiro atoms. The predicted octanol–water partition coefficient (Wildman–Crippen LogP) is 4.08. The van der Waals surface area contributed by atoms with Gasteiger partial charge in [-0.1, -0.05) is 39.3 Å². The van der Waals surface area contributed by atoms with Crippen molar-refractivity contribution in [2.45, 2.75) is 32.4 Å². The second-order valence-corrected chi connectivity index (χ2v) is 5.94. The molecule has 3 rings (SSSR count). The molecule has 0 unspecified atom stereocenters. The molecular formula is C15H17BrN2O. The minimum Gasteiger partial charge on any atom is -0.359 e. The van der Waals surface area contributed by atoms with Crippen LogP contribution in [0.3, 0.4) is 0 Å². The molecule has 1 fully saturated rings. The number of nitrogens with zero attached hydrogens (tertiary/aromatic N) is 2. The Morgan fingerprint density at radius 2 is 2.26 bits per heavy atom. The van der Waals surface area contributed by atoms with Crippen LogP contribution in [-0.4, -0.2) is 16.6 Å². The summed E-state index contributed by atoms with van der Waals surface area (Å²) in [6.45, 7) is 4.04. The number of aromatic nitrogens is 1. The molecule has 0 N–H and O–H groups in total. The Labute approximate surface area is 121 Å². The number of benzene rings is 1. The maximum absolute atomic E-state index is 5.44. The molecule has 1 aliphatic heterocycles. The zero-order valence-corrected chi connectivity index (χ0v) is 12.6. The summed E-state index contributed by atoms with van der Waals surface area (Å²) in [5.74, 6) is 1.00. The number of aryl methyl sites for hydroxylation is 1. The molecule has 0 bridgehead atoms. The molecule has 1 aromatic heterocycles.